The minimum Gasteiger partial charge on any atom is -0.436 e. The predicted molar refractivity (Wildman–Crippen MR) is 76.6 cm³/mol. The third kappa shape index (κ3) is 2.09. The maximum absolute atomic E-state index is 5.91. The number of fused-ring (bicyclic) bond motifs is 1. The number of oxazole rings is 1. The van der Waals surface area contributed by atoms with Crippen LogP contribution in [0.3, 0.4) is 0 Å². The molecule has 0 fully saturated rings. The van der Waals surface area contributed by atoms with Crippen molar-refractivity contribution in [3.63, 3.8) is 0 Å². The van der Waals surface area contributed by atoms with Crippen molar-refractivity contribution < 1.29 is 4.42 Å². The lowest BCUT2D eigenvalue weighted by Crippen LogP contribution is -1.86. The summed E-state index contributed by atoms with van der Waals surface area (Å²) in [7, 11) is 0. The maximum Gasteiger partial charge on any atom is 0.227 e. The summed E-state index contributed by atoms with van der Waals surface area (Å²) in [6, 6.07) is 10.9. The number of nitrogens with two attached hydrogens (primary N) is 1. The largest absolute Gasteiger partial charge is 0.436 e. The Balaban J connectivity index is 2.19. The highest BCUT2D eigenvalue weighted by Crippen LogP contribution is 2.29. The number of rotatable bonds is 1. The summed E-state index contributed by atoms with van der Waals surface area (Å²) >= 11 is 9.30. The summed E-state index contributed by atoms with van der Waals surface area (Å²) in [5.41, 5.74) is 8.71. The molecule has 0 amide bonds. The first-order valence-electron chi connectivity index (χ1n) is 5.24. The monoisotopic (exact) mass is 322 g/mol. The van der Waals surface area contributed by atoms with Crippen LogP contribution in [0.5, 0.6) is 0 Å². The number of benzene rings is 2. The highest BCUT2D eigenvalue weighted by Gasteiger charge is 2.09. The van der Waals surface area contributed by atoms with E-state index < -0.39 is 0 Å². The van der Waals surface area contributed by atoms with Crippen LogP contribution in [0.1, 0.15) is 0 Å². The van der Waals surface area contributed by atoms with Gasteiger partial charge < -0.3 is 10.2 Å². The van der Waals surface area contributed by atoms with Gasteiger partial charge in [0.25, 0.3) is 0 Å². The van der Waals surface area contributed by atoms with E-state index in [-0.39, 0.29) is 0 Å². The Morgan fingerprint density at radius 1 is 1.17 bits per heavy atom. The zero-order valence-corrected chi connectivity index (χ0v) is 11.5. The maximum atomic E-state index is 5.91. The van der Waals surface area contributed by atoms with Crippen LogP contribution in [0.2, 0.25) is 5.02 Å². The normalized spacial score (nSPS) is 11.0. The number of nitrogen functional groups attached to an aromatic ring is 1. The fourth-order valence-electron chi connectivity index (χ4n) is 1.76. The molecule has 3 rings (SSSR count). The van der Waals surface area contributed by atoms with E-state index in [4.69, 9.17) is 21.8 Å². The predicted octanol–water partition coefficient (Wildman–Crippen LogP) is 4.49. The molecule has 2 N–H and O–H groups in total. The van der Waals surface area contributed by atoms with E-state index >= 15 is 0 Å². The summed E-state index contributed by atoms with van der Waals surface area (Å²) < 4.78 is 6.56. The van der Waals surface area contributed by atoms with E-state index in [1.54, 1.807) is 12.1 Å². The smallest absolute Gasteiger partial charge is 0.227 e. The first-order valence-corrected chi connectivity index (χ1v) is 6.41. The molecule has 90 valence electrons. The van der Waals surface area contributed by atoms with Crippen LogP contribution in [-0.2, 0) is 0 Å². The number of aromatic nitrogens is 1. The van der Waals surface area contributed by atoms with Crippen molar-refractivity contribution in [3.8, 4) is 11.5 Å². The van der Waals surface area contributed by atoms with Crippen LogP contribution >= 0.6 is 27.5 Å². The molecule has 2 aromatic carbocycles. The first kappa shape index (κ1) is 11.6. The minimum absolute atomic E-state index is 0.528. The second-order valence-corrected chi connectivity index (χ2v) is 5.26. The molecule has 1 aromatic heterocycles. The summed E-state index contributed by atoms with van der Waals surface area (Å²) in [4.78, 5) is 4.40. The van der Waals surface area contributed by atoms with Gasteiger partial charge in [0.15, 0.2) is 5.58 Å². The van der Waals surface area contributed by atoms with E-state index in [2.05, 4.69) is 20.9 Å². The molecule has 18 heavy (non-hydrogen) atoms. The average Bonchev–Trinajstić information content (AvgIpc) is 2.70. The van der Waals surface area contributed by atoms with E-state index in [9.17, 15) is 0 Å². The number of halogens is 2. The molecule has 0 atom stereocenters. The molecule has 3 aromatic rings. The zero-order valence-electron chi connectivity index (χ0n) is 9.15. The number of anilines is 1. The van der Waals surface area contributed by atoms with Crippen molar-refractivity contribution in [2.24, 2.45) is 0 Å². The van der Waals surface area contributed by atoms with Gasteiger partial charge in [0.1, 0.15) is 5.52 Å². The van der Waals surface area contributed by atoms with Gasteiger partial charge in [0, 0.05) is 26.8 Å². The van der Waals surface area contributed by atoms with Gasteiger partial charge in [-0.1, -0.05) is 27.5 Å². The topological polar surface area (TPSA) is 52.0 Å². The molecule has 0 saturated heterocycles. The lowest BCUT2D eigenvalue weighted by Gasteiger charge is -1.99. The first-order chi connectivity index (χ1) is 8.61. The van der Waals surface area contributed by atoms with Crippen molar-refractivity contribution in [2.45, 2.75) is 0 Å². The molecule has 0 unspecified atom stereocenters. The quantitative estimate of drug-likeness (QED) is 0.671. The second-order valence-electron chi connectivity index (χ2n) is 3.90. The number of nitrogens with zero attached hydrogens (tertiary/aromatic N) is 1. The summed E-state index contributed by atoms with van der Waals surface area (Å²) in [5, 5.41) is 0.624. The molecule has 5 heteroatoms. The Hall–Kier alpha value is -1.52. The molecular weight excluding hydrogens is 316 g/mol. The van der Waals surface area contributed by atoms with Crippen molar-refractivity contribution in [3.05, 3.63) is 45.9 Å². The van der Waals surface area contributed by atoms with Gasteiger partial charge in [0.05, 0.1) is 0 Å². The Labute approximate surface area is 117 Å². The molecule has 0 aliphatic carbocycles. The lowest BCUT2D eigenvalue weighted by atomic mass is 10.2. The highest BCUT2D eigenvalue weighted by molar-refractivity contribution is 9.10. The Bertz CT molecular complexity index is 719. The standard InChI is InChI=1S/C13H8BrClN2O/c14-8-3-7(4-10(16)5-8)13-17-11-2-1-9(15)6-12(11)18-13/h1-6H,16H2. The van der Waals surface area contributed by atoms with Crippen molar-refractivity contribution in [2.75, 3.05) is 5.73 Å². The zero-order chi connectivity index (χ0) is 12.7. The van der Waals surface area contributed by atoms with Crippen LogP contribution in [0.25, 0.3) is 22.6 Å². The highest BCUT2D eigenvalue weighted by atomic mass is 79.9. The molecule has 1 heterocycles. The second kappa shape index (κ2) is 4.30. The van der Waals surface area contributed by atoms with Gasteiger partial charge in [-0.3, -0.25) is 0 Å². The van der Waals surface area contributed by atoms with Gasteiger partial charge in [-0.05, 0) is 30.3 Å². The van der Waals surface area contributed by atoms with Gasteiger partial charge in [0.2, 0.25) is 5.89 Å². The third-order valence-corrected chi connectivity index (χ3v) is 3.21. The van der Waals surface area contributed by atoms with E-state index in [1.165, 1.54) is 0 Å². The Morgan fingerprint density at radius 2 is 2.00 bits per heavy atom. The lowest BCUT2D eigenvalue weighted by molar-refractivity contribution is 0.620. The van der Waals surface area contributed by atoms with Crippen LogP contribution in [-0.4, -0.2) is 4.98 Å². The summed E-state index contributed by atoms with van der Waals surface area (Å²) in [6.07, 6.45) is 0. The van der Waals surface area contributed by atoms with E-state index in [0.29, 0.717) is 22.2 Å². The average molecular weight is 324 g/mol. The van der Waals surface area contributed by atoms with E-state index in [0.717, 1.165) is 15.6 Å². The number of hydrogen-bond donors (Lipinski definition) is 1. The van der Waals surface area contributed by atoms with Crippen molar-refractivity contribution >= 4 is 44.3 Å². The van der Waals surface area contributed by atoms with Gasteiger partial charge in [-0.2, -0.15) is 0 Å². The fourth-order valence-corrected chi connectivity index (χ4v) is 2.43. The molecule has 0 aliphatic heterocycles. The molecule has 0 spiro atoms. The molecule has 0 radical (unpaired) electrons. The molecule has 0 saturated carbocycles. The van der Waals surface area contributed by atoms with E-state index in [1.807, 2.05) is 24.3 Å². The molecular formula is C13H8BrClN2O. The van der Waals surface area contributed by atoms with Crippen LogP contribution < -0.4 is 5.73 Å². The Morgan fingerprint density at radius 3 is 2.78 bits per heavy atom. The van der Waals surface area contributed by atoms with Crippen LogP contribution in [0.4, 0.5) is 5.69 Å². The summed E-state index contributed by atoms with van der Waals surface area (Å²) in [6.45, 7) is 0. The van der Waals surface area contributed by atoms with Gasteiger partial charge >= 0.3 is 0 Å². The van der Waals surface area contributed by atoms with Gasteiger partial charge in [-0.25, -0.2) is 4.98 Å². The molecule has 3 nitrogen and oxygen atoms in total. The summed E-state index contributed by atoms with van der Waals surface area (Å²) in [5.74, 6) is 0.528. The third-order valence-electron chi connectivity index (χ3n) is 2.52. The fraction of sp³-hybridized carbons (Fsp3) is 0. The van der Waals surface area contributed by atoms with Crippen molar-refractivity contribution in [1.29, 1.82) is 0 Å². The Kier molecular flexibility index (Phi) is 2.76. The minimum atomic E-state index is 0.528. The number of hydrogen-bond acceptors (Lipinski definition) is 3. The molecule has 0 bridgehead atoms. The van der Waals surface area contributed by atoms with Crippen molar-refractivity contribution in [1.82, 2.24) is 4.98 Å². The van der Waals surface area contributed by atoms with Gasteiger partial charge in [-0.15, -0.1) is 0 Å². The van der Waals surface area contributed by atoms with Crippen LogP contribution in [0.15, 0.2) is 45.3 Å². The SMILES string of the molecule is Nc1cc(Br)cc(-c2nc3ccc(Cl)cc3o2)c1. The van der Waals surface area contributed by atoms with Crippen LogP contribution in [0, 0.1) is 0 Å². The molecule has 0 aliphatic rings.